The Labute approximate surface area is 180 Å². The SMILES string of the molecule is C[C@@H]1CCN(c2cc3nc(n2)COC(=O)NCC[C@@H](C)Oc2ccc4[nH]nc-3c4c2)C1. The van der Waals surface area contributed by atoms with Gasteiger partial charge in [0, 0.05) is 37.5 Å². The number of carbonyl (C=O) groups excluding carboxylic acids is 1. The van der Waals surface area contributed by atoms with Gasteiger partial charge < -0.3 is 19.7 Å². The van der Waals surface area contributed by atoms with Crippen molar-refractivity contribution in [2.75, 3.05) is 24.5 Å². The molecule has 2 N–H and O–H groups in total. The number of aromatic amines is 1. The Morgan fingerprint density at radius 1 is 1.16 bits per heavy atom. The van der Waals surface area contributed by atoms with E-state index in [4.69, 9.17) is 9.47 Å². The van der Waals surface area contributed by atoms with Crippen LogP contribution in [0.2, 0.25) is 0 Å². The second-order valence-corrected chi connectivity index (χ2v) is 8.37. The molecule has 1 amide bonds. The van der Waals surface area contributed by atoms with Crippen LogP contribution in [0.1, 0.15) is 32.5 Å². The van der Waals surface area contributed by atoms with E-state index in [1.165, 1.54) is 0 Å². The Morgan fingerprint density at radius 3 is 2.90 bits per heavy atom. The summed E-state index contributed by atoms with van der Waals surface area (Å²) in [6.07, 6.45) is 1.23. The largest absolute Gasteiger partial charge is 0.491 e. The van der Waals surface area contributed by atoms with Gasteiger partial charge >= 0.3 is 6.09 Å². The highest BCUT2D eigenvalue weighted by atomic mass is 16.5. The molecular formula is C22H26N6O3. The molecular weight excluding hydrogens is 396 g/mol. The zero-order valence-corrected chi connectivity index (χ0v) is 17.7. The first kappa shape index (κ1) is 19.6. The predicted molar refractivity (Wildman–Crippen MR) is 116 cm³/mol. The Hall–Kier alpha value is -3.36. The number of anilines is 1. The molecule has 0 radical (unpaired) electrons. The first-order valence-corrected chi connectivity index (χ1v) is 10.7. The monoisotopic (exact) mass is 422 g/mol. The van der Waals surface area contributed by atoms with Gasteiger partial charge in [-0.3, -0.25) is 5.10 Å². The van der Waals surface area contributed by atoms with Crippen LogP contribution in [0.4, 0.5) is 10.6 Å². The first-order chi connectivity index (χ1) is 15.0. The van der Waals surface area contributed by atoms with Crippen LogP contribution in [-0.4, -0.2) is 52.0 Å². The van der Waals surface area contributed by atoms with Crippen LogP contribution in [0.15, 0.2) is 24.3 Å². The van der Waals surface area contributed by atoms with Gasteiger partial charge in [-0.15, -0.1) is 0 Å². The van der Waals surface area contributed by atoms with E-state index in [0.717, 1.165) is 47.7 Å². The molecule has 2 atom stereocenters. The van der Waals surface area contributed by atoms with E-state index in [1.807, 2.05) is 31.2 Å². The molecule has 0 unspecified atom stereocenters. The normalized spacial score (nSPS) is 21.9. The molecule has 0 aliphatic carbocycles. The summed E-state index contributed by atoms with van der Waals surface area (Å²) >= 11 is 0. The lowest BCUT2D eigenvalue weighted by atomic mass is 10.1. The number of aromatic nitrogens is 4. The van der Waals surface area contributed by atoms with Gasteiger partial charge in [0.1, 0.15) is 17.3 Å². The third kappa shape index (κ3) is 4.12. The average molecular weight is 422 g/mol. The van der Waals surface area contributed by atoms with Gasteiger partial charge in [0.2, 0.25) is 0 Å². The minimum absolute atomic E-state index is 0.00424. The van der Waals surface area contributed by atoms with Crippen LogP contribution in [0.25, 0.3) is 22.3 Å². The third-order valence-corrected chi connectivity index (χ3v) is 5.77. The van der Waals surface area contributed by atoms with E-state index in [-0.39, 0.29) is 12.7 Å². The maximum absolute atomic E-state index is 12.1. The van der Waals surface area contributed by atoms with Crippen molar-refractivity contribution in [2.45, 2.75) is 39.4 Å². The van der Waals surface area contributed by atoms with Gasteiger partial charge in [0.05, 0.1) is 17.3 Å². The number of cyclic esters (lactones) is 1. The zero-order valence-electron chi connectivity index (χ0n) is 17.7. The van der Waals surface area contributed by atoms with Gasteiger partial charge in [-0.1, -0.05) is 6.92 Å². The van der Waals surface area contributed by atoms with Crippen LogP contribution in [0, 0.1) is 5.92 Å². The highest BCUT2D eigenvalue weighted by Gasteiger charge is 2.23. The average Bonchev–Trinajstić information content (AvgIpc) is 3.37. The summed E-state index contributed by atoms with van der Waals surface area (Å²) in [4.78, 5) is 23.7. The topological polar surface area (TPSA) is 105 Å². The summed E-state index contributed by atoms with van der Waals surface area (Å²) in [6.45, 7) is 6.54. The predicted octanol–water partition coefficient (Wildman–Crippen LogP) is 3.26. The number of rotatable bonds is 1. The zero-order chi connectivity index (χ0) is 21.4. The number of fused-ring (bicyclic) bond motifs is 4. The molecule has 4 heterocycles. The molecule has 5 rings (SSSR count). The molecule has 1 fully saturated rings. The molecule has 9 heteroatoms. The Bertz CT molecular complexity index is 1110. The van der Waals surface area contributed by atoms with Crippen molar-refractivity contribution in [1.29, 1.82) is 0 Å². The van der Waals surface area contributed by atoms with Crippen LogP contribution >= 0.6 is 0 Å². The summed E-state index contributed by atoms with van der Waals surface area (Å²) in [7, 11) is 0. The van der Waals surface area contributed by atoms with E-state index >= 15 is 0 Å². The second kappa shape index (κ2) is 8.05. The summed E-state index contributed by atoms with van der Waals surface area (Å²) in [5.41, 5.74) is 2.32. The van der Waals surface area contributed by atoms with Gasteiger partial charge in [-0.05, 0) is 37.5 Å². The van der Waals surface area contributed by atoms with Crippen LogP contribution < -0.4 is 15.0 Å². The molecule has 2 aliphatic rings. The number of H-pyrrole nitrogens is 1. The molecule has 2 aliphatic heterocycles. The molecule has 9 nitrogen and oxygen atoms in total. The number of benzene rings is 1. The van der Waals surface area contributed by atoms with Crippen LogP contribution in [-0.2, 0) is 11.3 Å². The highest BCUT2D eigenvalue weighted by Crippen LogP contribution is 2.31. The van der Waals surface area contributed by atoms with Gasteiger partial charge in [-0.2, -0.15) is 5.10 Å². The number of hydrogen-bond donors (Lipinski definition) is 2. The van der Waals surface area contributed by atoms with Crippen molar-refractivity contribution in [1.82, 2.24) is 25.5 Å². The minimum atomic E-state index is -0.491. The van der Waals surface area contributed by atoms with Crippen molar-refractivity contribution in [3.8, 4) is 17.1 Å². The number of alkyl carbamates (subject to hydrolysis) is 1. The van der Waals surface area contributed by atoms with Crippen molar-refractivity contribution in [3.63, 3.8) is 0 Å². The Kier molecular flexibility index (Phi) is 5.09. The summed E-state index contributed by atoms with van der Waals surface area (Å²) in [6, 6.07) is 7.83. The van der Waals surface area contributed by atoms with E-state index < -0.39 is 6.09 Å². The van der Waals surface area contributed by atoms with Crippen molar-refractivity contribution < 1.29 is 14.3 Å². The number of hydrogen-bond acceptors (Lipinski definition) is 7. The number of carbonyl (C=O) groups is 1. The number of nitrogens with zero attached hydrogens (tertiary/aromatic N) is 4. The molecule has 1 aromatic carbocycles. The van der Waals surface area contributed by atoms with E-state index in [2.05, 4.69) is 37.3 Å². The lowest BCUT2D eigenvalue weighted by Crippen LogP contribution is -2.28. The van der Waals surface area contributed by atoms with Crippen molar-refractivity contribution in [3.05, 3.63) is 30.1 Å². The molecule has 162 valence electrons. The smallest absolute Gasteiger partial charge is 0.407 e. The lowest BCUT2D eigenvalue weighted by Gasteiger charge is -2.18. The lowest BCUT2D eigenvalue weighted by molar-refractivity contribution is 0.134. The van der Waals surface area contributed by atoms with Crippen molar-refractivity contribution in [2.24, 2.45) is 5.92 Å². The van der Waals surface area contributed by atoms with E-state index in [9.17, 15) is 4.79 Å². The molecule has 1 saturated heterocycles. The minimum Gasteiger partial charge on any atom is -0.491 e. The van der Waals surface area contributed by atoms with E-state index in [1.54, 1.807) is 0 Å². The second-order valence-electron chi connectivity index (χ2n) is 8.37. The molecule has 0 saturated carbocycles. The maximum Gasteiger partial charge on any atom is 0.407 e. The maximum atomic E-state index is 12.1. The molecule has 4 bridgehead atoms. The third-order valence-electron chi connectivity index (χ3n) is 5.77. The summed E-state index contributed by atoms with van der Waals surface area (Å²) < 4.78 is 11.4. The fraction of sp³-hybridized carbons (Fsp3) is 0.455. The van der Waals surface area contributed by atoms with Crippen LogP contribution in [0.5, 0.6) is 5.75 Å². The van der Waals surface area contributed by atoms with Gasteiger partial charge in [0.25, 0.3) is 0 Å². The summed E-state index contributed by atoms with van der Waals surface area (Å²) in [5.74, 6) is 2.64. The highest BCUT2D eigenvalue weighted by molar-refractivity contribution is 5.93. The first-order valence-electron chi connectivity index (χ1n) is 10.7. The fourth-order valence-corrected chi connectivity index (χ4v) is 4.09. The number of nitrogens with one attached hydrogen (secondary N) is 2. The fourth-order valence-electron chi connectivity index (χ4n) is 4.09. The molecule has 31 heavy (non-hydrogen) atoms. The number of ether oxygens (including phenoxy) is 2. The molecule has 0 spiro atoms. The molecule has 3 aromatic rings. The Morgan fingerprint density at radius 2 is 2.06 bits per heavy atom. The van der Waals surface area contributed by atoms with Crippen molar-refractivity contribution >= 4 is 22.8 Å². The Balaban J connectivity index is 1.61. The quantitative estimate of drug-likeness (QED) is 0.620. The van der Waals surface area contributed by atoms with Crippen LogP contribution in [0.3, 0.4) is 0 Å². The van der Waals surface area contributed by atoms with Gasteiger partial charge in [0.15, 0.2) is 12.4 Å². The van der Waals surface area contributed by atoms with Gasteiger partial charge in [-0.25, -0.2) is 14.8 Å². The number of amides is 1. The molecule has 2 aromatic heterocycles. The summed E-state index contributed by atoms with van der Waals surface area (Å²) in [5, 5.41) is 11.3. The van der Waals surface area contributed by atoms with E-state index in [0.29, 0.717) is 30.4 Å². The standard InChI is InChI=1S/C22H26N6O3/c1-13-6-8-28(11-13)20-10-18-21-16-9-15(3-4-17(16)26-27-21)31-14(2)5-7-23-22(29)30-12-19(24-18)25-20/h3-4,9-10,13-14H,5-8,11-12H2,1-2H3,(H,23,29)(H,26,27)/t13-,14-/m1/s1.